The molecular weight excluding hydrogens is 250 g/mol. The summed E-state index contributed by atoms with van der Waals surface area (Å²) in [6.45, 7) is 0. The highest BCUT2D eigenvalue weighted by molar-refractivity contribution is 9.10. The van der Waals surface area contributed by atoms with E-state index in [-0.39, 0.29) is 0 Å². The zero-order valence-corrected chi connectivity index (χ0v) is 9.42. The Morgan fingerprint density at radius 3 is 2.57 bits per heavy atom. The summed E-state index contributed by atoms with van der Waals surface area (Å²) < 4.78 is 10.1. The van der Waals surface area contributed by atoms with Gasteiger partial charge in [0, 0.05) is 5.69 Å². The number of nitrogens with two attached hydrogens (primary N) is 1. The largest absolute Gasteiger partial charge is 0.496 e. The number of esters is 1. The van der Waals surface area contributed by atoms with Crippen molar-refractivity contribution in [3.05, 3.63) is 22.2 Å². The van der Waals surface area contributed by atoms with Crippen LogP contribution in [-0.4, -0.2) is 20.2 Å². The van der Waals surface area contributed by atoms with Gasteiger partial charge < -0.3 is 15.2 Å². The van der Waals surface area contributed by atoms with Crippen molar-refractivity contribution in [3.8, 4) is 5.75 Å². The number of nitrogen functional groups attached to an aromatic ring is 1. The van der Waals surface area contributed by atoms with Crippen LogP contribution in [0, 0.1) is 0 Å². The predicted octanol–water partition coefficient (Wildman–Crippen LogP) is 1.83. The maximum absolute atomic E-state index is 11.4. The Kier molecular flexibility index (Phi) is 3.35. The summed E-state index contributed by atoms with van der Waals surface area (Å²) in [6.07, 6.45) is 0. The summed E-state index contributed by atoms with van der Waals surface area (Å²) in [4.78, 5) is 11.4. The first-order valence-corrected chi connectivity index (χ1v) is 4.61. The predicted molar refractivity (Wildman–Crippen MR) is 56.4 cm³/mol. The number of anilines is 1. The molecule has 1 aromatic carbocycles. The number of carbonyl (C=O) groups excluding carboxylic acids is 1. The zero-order valence-electron chi connectivity index (χ0n) is 7.83. The van der Waals surface area contributed by atoms with Crippen LogP contribution in [0.25, 0.3) is 0 Å². The van der Waals surface area contributed by atoms with Gasteiger partial charge in [-0.05, 0) is 28.1 Å². The third-order valence-electron chi connectivity index (χ3n) is 1.74. The van der Waals surface area contributed by atoms with Crippen LogP contribution in [0.2, 0.25) is 0 Å². The second-order valence-corrected chi connectivity index (χ2v) is 3.33. The van der Waals surface area contributed by atoms with E-state index in [0.29, 0.717) is 21.5 Å². The van der Waals surface area contributed by atoms with Gasteiger partial charge in [-0.3, -0.25) is 0 Å². The Bertz CT molecular complexity index is 365. The van der Waals surface area contributed by atoms with Crippen molar-refractivity contribution < 1.29 is 14.3 Å². The van der Waals surface area contributed by atoms with Crippen LogP contribution in [0.15, 0.2) is 16.6 Å². The maximum Gasteiger partial charge on any atom is 0.342 e. The number of carbonyl (C=O) groups is 1. The number of hydrogen-bond acceptors (Lipinski definition) is 4. The fraction of sp³-hybridized carbons (Fsp3) is 0.222. The third-order valence-corrected chi connectivity index (χ3v) is 2.60. The van der Waals surface area contributed by atoms with Crippen molar-refractivity contribution in [2.24, 2.45) is 0 Å². The van der Waals surface area contributed by atoms with E-state index in [0.717, 1.165) is 0 Å². The molecule has 0 atom stereocenters. The van der Waals surface area contributed by atoms with Gasteiger partial charge in [0.15, 0.2) is 0 Å². The molecule has 0 unspecified atom stereocenters. The number of halogens is 1. The minimum Gasteiger partial charge on any atom is -0.496 e. The molecule has 14 heavy (non-hydrogen) atoms. The van der Waals surface area contributed by atoms with Gasteiger partial charge in [0.2, 0.25) is 0 Å². The average molecular weight is 260 g/mol. The second kappa shape index (κ2) is 4.32. The number of benzene rings is 1. The summed E-state index contributed by atoms with van der Waals surface area (Å²) in [7, 11) is 2.78. The first-order valence-electron chi connectivity index (χ1n) is 3.82. The van der Waals surface area contributed by atoms with Crippen molar-refractivity contribution in [2.75, 3.05) is 20.0 Å². The summed E-state index contributed by atoms with van der Waals surface area (Å²) in [5, 5.41) is 0. The van der Waals surface area contributed by atoms with Gasteiger partial charge in [-0.1, -0.05) is 0 Å². The SMILES string of the molecule is COC(=O)c1c(OC)ccc(N)c1Br. The van der Waals surface area contributed by atoms with Gasteiger partial charge in [0.25, 0.3) is 0 Å². The summed E-state index contributed by atoms with van der Waals surface area (Å²) >= 11 is 3.21. The lowest BCUT2D eigenvalue weighted by atomic mass is 10.2. The summed E-state index contributed by atoms with van der Waals surface area (Å²) in [5.74, 6) is -0.0565. The molecule has 0 radical (unpaired) electrons. The van der Waals surface area contributed by atoms with E-state index >= 15 is 0 Å². The molecule has 0 bridgehead atoms. The molecule has 0 saturated heterocycles. The number of hydrogen-bond donors (Lipinski definition) is 1. The van der Waals surface area contributed by atoms with Crippen molar-refractivity contribution >= 4 is 27.6 Å². The van der Waals surface area contributed by atoms with Crippen LogP contribution in [0.1, 0.15) is 10.4 Å². The summed E-state index contributed by atoms with van der Waals surface area (Å²) in [6, 6.07) is 3.27. The number of ether oxygens (including phenoxy) is 2. The molecule has 0 spiro atoms. The van der Waals surface area contributed by atoms with Crippen LogP contribution in [0.4, 0.5) is 5.69 Å². The Balaban J connectivity index is 3.35. The van der Waals surface area contributed by atoms with E-state index in [4.69, 9.17) is 10.5 Å². The van der Waals surface area contributed by atoms with Crippen molar-refractivity contribution in [1.82, 2.24) is 0 Å². The fourth-order valence-electron chi connectivity index (χ4n) is 1.04. The Morgan fingerprint density at radius 2 is 2.07 bits per heavy atom. The van der Waals surface area contributed by atoms with E-state index < -0.39 is 5.97 Å². The van der Waals surface area contributed by atoms with Gasteiger partial charge in [-0.15, -0.1) is 0 Å². The molecular formula is C9H10BrNO3. The van der Waals surface area contributed by atoms with E-state index in [1.165, 1.54) is 14.2 Å². The average Bonchev–Trinajstić information content (AvgIpc) is 2.20. The van der Waals surface area contributed by atoms with Gasteiger partial charge in [-0.2, -0.15) is 0 Å². The van der Waals surface area contributed by atoms with E-state index in [1.807, 2.05) is 0 Å². The molecule has 0 aliphatic rings. The lowest BCUT2D eigenvalue weighted by Crippen LogP contribution is -2.06. The first-order chi connectivity index (χ1) is 6.61. The number of rotatable bonds is 2. The highest BCUT2D eigenvalue weighted by Crippen LogP contribution is 2.32. The molecule has 0 aromatic heterocycles. The molecule has 2 N–H and O–H groups in total. The van der Waals surface area contributed by atoms with Gasteiger partial charge in [0.1, 0.15) is 11.3 Å². The molecule has 4 nitrogen and oxygen atoms in total. The summed E-state index contributed by atoms with van der Waals surface area (Å²) in [5.41, 5.74) is 6.39. The van der Waals surface area contributed by atoms with Crippen molar-refractivity contribution in [1.29, 1.82) is 0 Å². The van der Waals surface area contributed by atoms with E-state index in [2.05, 4.69) is 20.7 Å². The maximum atomic E-state index is 11.4. The molecule has 0 aliphatic carbocycles. The van der Waals surface area contributed by atoms with Gasteiger partial charge in [0.05, 0.1) is 18.7 Å². The molecule has 1 rings (SSSR count). The van der Waals surface area contributed by atoms with Gasteiger partial charge >= 0.3 is 5.97 Å². The van der Waals surface area contributed by atoms with Gasteiger partial charge in [-0.25, -0.2) is 4.79 Å². The lowest BCUT2D eigenvalue weighted by Gasteiger charge is -2.10. The standard InChI is InChI=1S/C9H10BrNO3/c1-13-6-4-3-5(11)8(10)7(6)9(12)14-2/h3-4H,11H2,1-2H3. The Hall–Kier alpha value is -1.23. The normalized spacial score (nSPS) is 9.64. The molecule has 1 aromatic rings. The van der Waals surface area contributed by atoms with E-state index in [1.54, 1.807) is 12.1 Å². The molecule has 0 heterocycles. The van der Waals surface area contributed by atoms with Crippen molar-refractivity contribution in [3.63, 3.8) is 0 Å². The molecule has 0 amide bonds. The minimum absolute atomic E-state index is 0.301. The Labute approximate surface area is 90.1 Å². The topological polar surface area (TPSA) is 61.5 Å². The first kappa shape index (κ1) is 10.8. The molecule has 0 aliphatic heterocycles. The fourth-order valence-corrected chi connectivity index (χ4v) is 1.53. The molecule has 76 valence electrons. The number of methoxy groups -OCH3 is 2. The van der Waals surface area contributed by atoms with Crippen LogP contribution in [-0.2, 0) is 4.74 Å². The van der Waals surface area contributed by atoms with Crippen LogP contribution < -0.4 is 10.5 Å². The highest BCUT2D eigenvalue weighted by atomic mass is 79.9. The van der Waals surface area contributed by atoms with Crippen LogP contribution in [0.3, 0.4) is 0 Å². The lowest BCUT2D eigenvalue weighted by molar-refractivity contribution is 0.0596. The quantitative estimate of drug-likeness (QED) is 0.650. The zero-order chi connectivity index (χ0) is 10.7. The smallest absolute Gasteiger partial charge is 0.342 e. The molecule has 5 heteroatoms. The van der Waals surface area contributed by atoms with Crippen LogP contribution in [0.5, 0.6) is 5.75 Å². The molecule has 0 fully saturated rings. The van der Waals surface area contributed by atoms with Crippen molar-refractivity contribution in [2.45, 2.75) is 0 Å². The Morgan fingerprint density at radius 1 is 1.43 bits per heavy atom. The monoisotopic (exact) mass is 259 g/mol. The third kappa shape index (κ3) is 1.82. The van der Waals surface area contributed by atoms with Crippen LogP contribution >= 0.6 is 15.9 Å². The minimum atomic E-state index is -0.485. The highest BCUT2D eigenvalue weighted by Gasteiger charge is 2.18. The second-order valence-electron chi connectivity index (χ2n) is 2.54. The molecule has 0 saturated carbocycles. The van der Waals surface area contributed by atoms with E-state index in [9.17, 15) is 4.79 Å².